The van der Waals surface area contributed by atoms with Crippen molar-refractivity contribution in [1.29, 1.82) is 0 Å². The SMILES string of the molecule is CCOCC(=O)N[C@@H](C)c1ccc(CC)cc1. The lowest BCUT2D eigenvalue weighted by atomic mass is 10.1. The molecule has 0 aliphatic rings. The molecular weight excluding hydrogens is 214 g/mol. The summed E-state index contributed by atoms with van der Waals surface area (Å²) in [6, 6.07) is 8.34. The number of ether oxygens (including phenoxy) is 1. The first-order valence-corrected chi connectivity index (χ1v) is 6.13. The second kappa shape index (κ2) is 7.07. The Balaban J connectivity index is 2.51. The fraction of sp³-hybridized carbons (Fsp3) is 0.500. The zero-order valence-electron chi connectivity index (χ0n) is 10.8. The minimum Gasteiger partial charge on any atom is -0.372 e. The number of carbonyl (C=O) groups excluding carboxylic acids is 1. The summed E-state index contributed by atoms with van der Waals surface area (Å²) < 4.78 is 5.06. The van der Waals surface area contributed by atoms with E-state index in [0.29, 0.717) is 6.61 Å². The van der Waals surface area contributed by atoms with E-state index in [1.807, 2.05) is 13.8 Å². The van der Waals surface area contributed by atoms with Crippen LogP contribution < -0.4 is 5.32 Å². The summed E-state index contributed by atoms with van der Waals surface area (Å²) in [5.41, 5.74) is 2.42. The Bertz CT molecular complexity index is 346. The highest BCUT2D eigenvalue weighted by molar-refractivity contribution is 5.77. The van der Waals surface area contributed by atoms with Crippen molar-refractivity contribution in [3.8, 4) is 0 Å². The minimum absolute atomic E-state index is 0.0221. The monoisotopic (exact) mass is 235 g/mol. The van der Waals surface area contributed by atoms with Gasteiger partial charge in [-0.05, 0) is 31.4 Å². The zero-order valence-corrected chi connectivity index (χ0v) is 10.8. The number of hydrogen-bond acceptors (Lipinski definition) is 2. The maximum atomic E-state index is 11.5. The van der Waals surface area contributed by atoms with Gasteiger partial charge in [-0.25, -0.2) is 0 Å². The number of benzene rings is 1. The maximum absolute atomic E-state index is 11.5. The van der Waals surface area contributed by atoms with Crippen LogP contribution >= 0.6 is 0 Å². The average molecular weight is 235 g/mol. The summed E-state index contributed by atoms with van der Waals surface area (Å²) in [5.74, 6) is -0.0704. The molecule has 1 aromatic carbocycles. The third-order valence-corrected chi connectivity index (χ3v) is 2.70. The second-order valence-corrected chi connectivity index (χ2v) is 4.02. The summed E-state index contributed by atoms with van der Waals surface area (Å²) >= 11 is 0. The van der Waals surface area contributed by atoms with Crippen molar-refractivity contribution in [2.75, 3.05) is 13.2 Å². The van der Waals surface area contributed by atoms with Gasteiger partial charge >= 0.3 is 0 Å². The Kier molecular flexibility index (Phi) is 5.70. The van der Waals surface area contributed by atoms with Crippen LogP contribution in [0.1, 0.15) is 37.9 Å². The lowest BCUT2D eigenvalue weighted by molar-refractivity contribution is -0.126. The van der Waals surface area contributed by atoms with E-state index in [9.17, 15) is 4.79 Å². The molecular formula is C14H21NO2. The average Bonchev–Trinajstić information content (AvgIpc) is 2.36. The molecule has 0 radical (unpaired) electrons. The molecule has 1 amide bonds. The molecule has 0 aromatic heterocycles. The van der Waals surface area contributed by atoms with Crippen molar-refractivity contribution >= 4 is 5.91 Å². The minimum atomic E-state index is -0.0704. The number of amides is 1. The predicted molar refractivity (Wildman–Crippen MR) is 68.9 cm³/mol. The highest BCUT2D eigenvalue weighted by atomic mass is 16.5. The van der Waals surface area contributed by atoms with Crippen LogP contribution in [0.2, 0.25) is 0 Å². The van der Waals surface area contributed by atoms with E-state index < -0.39 is 0 Å². The standard InChI is InChI=1S/C14H21NO2/c1-4-12-6-8-13(9-7-12)11(3)15-14(16)10-17-5-2/h6-9,11H,4-5,10H2,1-3H3,(H,15,16)/t11-/m0/s1. The lowest BCUT2D eigenvalue weighted by Gasteiger charge is -2.14. The molecule has 17 heavy (non-hydrogen) atoms. The number of hydrogen-bond donors (Lipinski definition) is 1. The van der Waals surface area contributed by atoms with Crippen LogP contribution in [0.4, 0.5) is 0 Å². The van der Waals surface area contributed by atoms with Crippen molar-refractivity contribution in [1.82, 2.24) is 5.32 Å². The molecule has 0 bridgehead atoms. The van der Waals surface area contributed by atoms with Gasteiger partial charge in [0.05, 0.1) is 6.04 Å². The molecule has 3 heteroatoms. The Hall–Kier alpha value is -1.35. The van der Waals surface area contributed by atoms with Gasteiger partial charge in [0, 0.05) is 6.61 Å². The molecule has 1 atom stereocenters. The third kappa shape index (κ3) is 4.57. The van der Waals surface area contributed by atoms with Gasteiger partial charge in [-0.1, -0.05) is 31.2 Å². The normalized spacial score (nSPS) is 12.2. The zero-order chi connectivity index (χ0) is 12.7. The number of carbonyl (C=O) groups is 1. The van der Waals surface area contributed by atoms with E-state index in [1.54, 1.807) is 0 Å². The van der Waals surface area contributed by atoms with E-state index >= 15 is 0 Å². The van der Waals surface area contributed by atoms with Crippen LogP contribution in [0.5, 0.6) is 0 Å². The van der Waals surface area contributed by atoms with Crippen LogP contribution in [0.25, 0.3) is 0 Å². The van der Waals surface area contributed by atoms with Gasteiger partial charge in [0.1, 0.15) is 6.61 Å². The van der Waals surface area contributed by atoms with Gasteiger partial charge in [-0.2, -0.15) is 0 Å². The predicted octanol–water partition coefficient (Wildman–Crippen LogP) is 2.46. The van der Waals surface area contributed by atoms with Crippen LogP contribution in [0.3, 0.4) is 0 Å². The third-order valence-electron chi connectivity index (χ3n) is 2.70. The van der Waals surface area contributed by atoms with Gasteiger partial charge in [-0.3, -0.25) is 4.79 Å². The fourth-order valence-corrected chi connectivity index (χ4v) is 1.60. The van der Waals surface area contributed by atoms with Crippen molar-refractivity contribution in [2.45, 2.75) is 33.2 Å². The van der Waals surface area contributed by atoms with E-state index in [-0.39, 0.29) is 18.6 Å². The molecule has 1 N–H and O–H groups in total. The molecule has 0 aliphatic carbocycles. The van der Waals surface area contributed by atoms with E-state index in [2.05, 4.69) is 36.5 Å². The van der Waals surface area contributed by atoms with Crippen LogP contribution in [-0.2, 0) is 16.0 Å². The first-order chi connectivity index (χ1) is 8.17. The van der Waals surface area contributed by atoms with Crippen LogP contribution in [0, 0.1) is 0 Å². The van der Waals surface area contributed by atoms with E-state index in [1.165, 1.54) is 5.56 Å². The quantitative estimate of drug-likeness (QED) is 0.822. The Morgan fingerprint density at radius 2 is 1.94 bits per heavy atom. The molecule has 0 saturated carbocycles. The summed E-state index contributed by atoms with van der Waals surface area (Å²) in [7, 11) is 0. The van der Waals surface area contributed by atoms with Gasteiger partial charge in [-0.15, -0.1) is 0 Å². The summed E-state index contributed by atoms with van der Waals surface area (Å²) in [4.78, 5) is 11.5. The maximum Gasteiger partial charge on any atom is 0.246 e. The van der Waals surface area contributed by atoms with E-state index in [4.69, 9.17) is 4.74 Å². The largest absolute Gasteiger partial charge is 0.372 e. The Morgan fingerprint density at radius 1 is 1.29 bits per heavy atom. The first-order valence-electron chi connectivity index (χ1n) is 6.13. The number of aryl methyl sites for hydroxylation is 1. The van der Waals surface area contributed by atoms with Crippen LogP contribution in [0.15, 0.2) is 24.3 Å². The smallest absolute Gasteiger partial charge is 0.246 e. The van der Waals surface area contributed by atoms with Crippen molar-refractivity contribution < 1.29 is 9.53 Å². The summed E-state index contributed by atoms with van der Waals surface area (Å²) in [6.07, 6.45) is 1.03. The first kappa shape index (κ1) is 13.7. The molecule has 1 rings (SSSR count). The van der Waals surface area contributed by atoms with Gasteiger partial charge in [0.15, 0.2) is 0 Å². The Labute approximate surface area is 103 Å². The molecule has 94 valence electrons. The van der Waals surface area contributed by atoms with E-state index in [0.717, 1.165) is 12.0 Å². The Morgan fingerprint density at radius 3 is 2.47 bits per heavy atom. The lowest BCUT2D eigenvalue weighted by Crippen LogP contribution is -2.30. The highest BCUT2D eigenvalue weighted by Crippen LogP contribution is 2.13. The van der Waals surface area contributed by atoms with Gasteiger partial charge in [0.25, 0.3) is 0 Å². The molecule has 0 fully saturated rings. The molecule has 0 heterocycles. The molecule has 0 saturated heterocycles. The van der Waals surface area contributed by atoms with Crippen molar-refractivity contribution in [2.24, 2.45) is 0 Å². The highest BCUT2D eigenvalue weighted by Gasteiger charge is 2.08. The van der Waals surface area contributed by atoms with Crippen LogP contribution in [-0.4, -0.2) is 19.1 Å². The molecule has 1 aromatic rings. The van der Waals surface area contributed by atoms with Crippen molar-refractivity contribution in [3.63, 3.8) is 0 Å². The fourth-order valence-electron chi connectivity index (χ4n) is 1.60. The molecule has 0 aliphatic heterocycles. The molecule has 3 nitrogen and oxygen atoms in total. The topological polar surface area (TPSA) is 38.3 Å². The molecule has 0 spiro atoms. The number of rotatable bonds is 6. The molecule has 0 unspecified atom stereocenters. The number of nitrogens with one attached hydrogen (secondary N) is 1. The summed E-state index contributed by atoms with van der Waals surface area (Å²) in [5, 5.41) is 2.90. The second-order valence-electron chi connectivity index (χ2n) is 4.02. The summed E-state index contributed by atoms with van der Waals surface area (Å²) in [6.45, 7) is 6.67. The van der Waals surface area contributed by atoms with Gasteiger partial charge < -0.3 is 10.1 Å². The van der Waals surface area contributed by atoms with Crippen molar-refractivity contribution in [3.05, 3.63) is 35.4 Å². The van der Waals surface area contributed by atoms with Gasteiger partial charge in [0.2, 0.25) is 5.91 Å².